The Balaban J connectivity index is 1.52. The van der Waals surface area contributed by atoms with Crippen molar-refractivity contribution in [3.63, 3.8) is 0 Å². The zero-order valence-corrected chi connectivity index (χ0v) is 20.9. The third kappa shape index (κ3) is 6.05. The van der Waals surface area contributed by atoms with Crippen molar-refractivity contribution in [2.24, 2.45) is 5.92 Å². The molecule has 1 fully saturated rings. The first-order chi connectivity index (χ1) is 17.0. The van der Waals surface area contributed by atoms with Crippen LogP contribution >= 0.6 is 11.6 Å². The molecule has 4 rings (SSSR count). The van der Waals surface area contributed by atoms with Crippen LogP contribution in [0.25, 0.3) is 0 Å². The van der Waals surface area contributed by atoms with Gasteiger partial charge in [-0.2, -0.15) is 5.26 Å². The number of carbonyl (C=O) groups excluding carboxylic acids is 1. The number of nitrogens with zero attached hydrogens (tertiary/aromatic N) is 1. The van der Waals surface area contributed by atoms with Gasteiger partial charge in [0.05, 0.1) is 24.2 Å². The lowest BCUT2D eigenvalue weighted by atomic mass is 9.77. The average molecular weight is 487 g/mol. The summed E-state index contributed by atoms with van der Waals surface area (Å²) in [4.78, 5) is 13.7. The average Bonchev–Trinajstić information content (AvgIpc) is 3.40. The number of benzene rings is 3. The number of amides is 1. The molecule has 3 aromatic carbocycles. The van der Waals surface area contributed by atoms with Crippen LogP contribution in [0.5, 0.6) is 5.75 Å². The summed E-state index contributed by atoms with van der Waals surface area (Å²) in [6.45, 7) is 0.566. The highest BCUT2D eigenvalue weighted by atomic mass is 35.5. The van der Waals surface area contributed by atoms with Gasteiger partial charge in [0.15, 0.2) is 0 Å². The van der Waals surface area contributed by atoms with Gasteiger partial charge in [0, 0.05) is 11.6 Å². The highest BCUT2D eigenvalue weighted by Crippen LogP contribution is 2.42. The maximum Gasteiger partial charge on any atom is 0.230 e. The Morgan fingerprint density at radius 3 is 2.37 bits per heavy atom. The number of rotatable bonds is 9. The molecule has 0 bridgehead atoms. The molecule has 1 saturated carbocycles. The van der Waals surface area contributed by atoms with Gasteiger partial charge in [-0.1, -0.05) is 60.8 Å². The Morgan fingerprint density at radius 2 is 1.71 bits per heavy atom. The van der Waals surface area contributed by atoms with E-state index in [1.807, 2.05) is 72.8 Å². The zero-order valence-electron chi connectivity index (χ0n) is 20.1. The first kappa shape index (κ1) is 24.8. The van der Waals surface area contributed by atoms with Crippen LogP contribution in [-0.4, -0.2) is 19.6 Å². The molecule has 0 aliphatic heterocycles. The van der Waals surface area contributed by atoms with Crippen molar-refractivity contribution in [2.75, 3.05) is 13.7 Å². The van der Waals surface area contributed by atoms with E-state index in [2.05, 4.69) is 11.4 Å². The second-order valence-electron chi connectivity index (χ2n) is 9.44. The second kappa shape index (κ2) is 11.4. The fourth-order valence-electron chi connectivity index (χ4n) is 5.21. The van der Waals surface area contributed by atoms with Crippen LogP contribution in [0.3, 0.4) is 0 Å². The lowest BCUT2D eigenvalue weighted by molar-refractivity contribution is -0.126. The molecule has 0 spiro atoms. The Morgan fingerprint density at radius 1 is 1.03 bits per heavy atom. The predicted octanol–water partition coefficient (Wildman–Crippen LogP) is 6.25. The number of nitrogens with one attached hydrogen (secondary N) is 1. The minimum atomic E-state index is -0.488. The van der Waals surface area contributed by atoms with E-state index in [0.29, 0.717) is 17.1 Å². The van der Waals surface area contributed by atoms with Crippen LogP contribution in [0.4, 0.5) is 0 Å². The number of halogens is 1. The molecule has 0 heterocycles. The van der Waals surface area contributed by atoms with E-state index in [1.165, 1.54) is 5.56 Å². The summed E-state index contributed by atoms with van der Waals surface area (Å²) in [6.07, 6.45) is 5.40. The van der Waals surface area contributed by atoms with E-state index in [1.54, 1.807) is 7.11 Å². The molecule has 35 heavy (non-hydrogen) atoms. The number of methoxy groups -OCH3 is 1. The molecule has 0 aromatic heterocycles. The summed E-state index contributed by atoms with van der Waals surface area (Å²) in [5.41, 5.74) is 3.50. The molecule has 5 heteroatoms. The second-order valence-corrected chi connectivity index (χ2v) is 9.88. The van der Waals surface area contributed by atoms with Gasteiger partial charge >= 0.3 is 0 Å². The molecular formula is C30H31ClN2O2. The third-order valence-corrected chi connectivity index (χ3v) is 7.36. The highest BCUT2D eigenvalue weighted by molar-refractivity contribution is 6.30. The van der Waals surface area contributed by atoms with Gasteiger partial charge in [0.2, 0.25) is 5.91 Å². The van der Waals surface area contributed by atoms with Gasteiger partial charge in [-0.05, 0) is 84.7 Å². The quantitative estimate of drug-likeness (QED) is 0.389. The Bertz CT molecular complexity index is 1180. The molecule has 1 aliphatic rings. The monoisotopic (exact) mass is 486 g/mol. The van der Waals surface area contributed by atoms with Crippen molar-refractivity contribution in [1.29, 1.82) is 5.26 Å². The fraction of sp³-hybridized carbons (Fsp3) is 0.333. The molecule has 0 saturated heterocycles. The molecule has 1 atom stereocenters. The van der Waals surface area contributed by atoms with Crippen molar-refractivity contribution in [2.45, 2.75) is 43.9 Å². The minimum absolute atomic E-state index is 0.104. The van der Waals surface area contributed by atoms with Crippen LogP contribution in [-0.2, 0) is 23.1 Å². The van der Waals surface area contributed by atoms with Crippen molar-refractivity contribution in [3.05, 3.63) is 100 Å². The highest BCUT2D eigenvalue weighted by Gasteiger charge is 2.42. The molecule has 3 aromatic rings. The van der Waals surface area contributed by atoms with Crippen LogP contribution in [0, 0.1) is 17.2 Å². The van der Waals surface area contributed by atoms with Crippen molar-refractivity contribution in [1.82, 2.24) is 5.32 Å². The lowest BCUT2D eigenvalue weighted by Crippen LogP contribution is -2.44. The number of hydrogen-bond donors (Lipinski definition) is 1. The molecule has 180 valence electrons. The molecular weight excluding hydrogens is 456 g/mol. The van der Waals surface area contributed by atoms with E-state index in [9.17, 15) is 10.1 Å². The number of ether oxygens (including phenoxy) is 1. The van der Waals surface area contributed by atoms with Crippen LogP contribution in [0.15, 0.2) is 72.8 Å². The van der Waals surface area contributed by atoms with Crippen molar-refractivity contribution in [3.8, 4) is 11.8 Å². The van der Waals surface area contributed by atoms with Gasteiger partial charge in [-0.3, -0.25) is 4.79 Å². The van der Waals surface area contributed by atoms with Gasteiger partial charge in [-0.25, -0.2) is 0 Å². The SMILES string of the molecule is COc1ccc(C2(C(=O)NCC(Cc3ccc(Cl)cc3)Cc3cccc(C#N)c3)CCCC2)cc1. The fourth-order valence-corrected chi connectivity index (χ4v) is 5.34. The first-order valence-corrected chi connectivity index (χ1v) is 12.6. The summed E-state index contributed by atoms with van der Waals surface area (Å²) in [5, 5.41) is 13.3. The normalized spacial score (nSPS) is 15.2. The Kier molecular flexibility index (Phi) is 8.10. The van der Waals surface area contributed by atoms with Crippen molar-refractivity contribution < 1.29 is 9.53 Å². The van der Waals surface area contributed by atoms with E-state index >= 15 is 0 Å². The summed E-state index contributed by atoms with van der Waals surface area (Å²) >= 11 is 6.08. The summed E-state index contributed by atoms with van der Waals surface area (Å²) in [5.74, 6) is 1.08. The third-order valence-electron chi connectivity index (χ3n) is 7.10. The van der Waals surface area contributed by atoms with Crippen LogP contribution < -0.4 is 10.1 Å². The van der Waals surface area contributed by atoms with E-state index in [-0.39, 0.29) is 11.8 Å². The van der Waals surface area contributed by atoms with E-state index in [4.69, 9.17) is 16.3 Å². The topological polar surface area (TPSA) is 62.1 Å². The smallest absolute Gasteiger partial charge is 0.230 e. The maximum absolute atomic E-state index is 13.7. The molecule has 1 unspecified atom stereocenters. The Labute approximate surface area is 212 Å². The Hall–Kier alpha value is -3.29. The standard InChI is InChI=1S/C30H31ClN2O2/c1-35-28-13-9-26(10-14-28)30(15-2-3-16-30)29(34)33-21-25(17-22-7-11-27(31)12-8-22)19-23-5-4-6-24(18-23)20-32/h4-14,18,25H,2-3,15-17,19,21H2,1H3,(H,33,34). The summed E-state index contributed by atoms with van der Waals surface area (Å²) in [7, 11) is 1.65. The van der Waals surface area contributed by atoms with Crippen molar-refractivity contribution >= 4 is 17.5 Å². The first-order valence-electron chi connectivity index (χ1n) is 12.2. The number of carbonyl (C=O) groups is 1. The van der Waals surface area contributed by atoms with E-state index in [0.717, 1.165) is 55.4 Å². The van der Waals surface area contributed by atoms with E-state index < -0.39 is 5.41 Å². The van der Waals surface area contributed by atoms with Gasteiger partial charge in [0.1, 0.15) is 5.75 Å². The maximum atomic E-state index is 13.7. The van der Waals surface area contributed by atoms with Gasteiger partial charge in [-0.15, -0.1) is 0 Å². The number of hydrogen-bond acceptors (Lipinski definition) is 3. The zero-order chi connectivity index (χ0) is 24.7. The van der Waals surface area contributed by atoms with Gasteiger partial charge in [0.25, 0.3) is 0 Å². The largest absolute Gasteiger partial charge is 0.497 e. The summed E-state index contributed by atoms with van der Waals surface area (Å²) in [6, 6.07) is 25.8. The number of nitriles is 1. The van der Waals surface area contributed by atoms with Gasteiger partial charge < -0.3 is 10.1 Å². The lowest BCUT2D eigenvalue weighted by Gasteiger charge is -2.30. The molecule has 4 nitrogen and oxygen atoms in total. The summed E-state index contributed by atoms with van der Waals surface area (Å²) < 4.78 is 5.31. The molecule has 1 aliphatic carbocycles. The molecule has 1 amide bonds. The van der Waals surface area contributed by atoms with Crippen LogP contribution in [0.1, 0.15) is 47.9 Å². The predicted molar refractivity (Wildman–Crippen MR) is 140 cm³/mol. The van der Waals surface area contributed by atoms with Crippen LogP contribution in [0.2, 0.25) is 5.02 Å². The molecule has 0 radical (unpaired) electrons. The minimum Gasteiger partial charge on any atom is -0.497 e. The molecule has 1 N–H and O–H groups in total.